The van der Waals surface area contributed by atoms with Crippen molar-refractivity contribution < 1.29 is 9.53 Å². The lowest BCUT2D eigenvalue weighted by atomic mass is 10.1. The third-order valence-corrected chi connectivity index (χ3v) is 3.36. The Balaban J connectivity index is 2.09. The number of carbonyl (C=O) groups excluding carboxylic acids is 1. The molecular weight excluding hydrogens is 278 g/mol. The zero-order chi connectivity index (χ0) is 15.5. The van der Waals surface area contributed by atoms with Crippen molar-refractivity contribution in [2.24, 2.45) is 5.73 Å². The molecular formula is C17H15N3O2. The minimum atomic E-state index is -0.506. The Labute approximate surface area is 127 Å². The number of methoxy groups -OCH3 is 1. The maximum atomic E-state index is 11.7. The number of ether oxygens (including phenoxy) is 1. The van der Waals surface area contributed by atoms with Crippen LogP contribution in [0, 0.1) is 0 Å². The predicted molar refractivity (Wildman–Crippen MR) is 84.1 cm³/mol. The van der Waals surface area contributed by atoms with E-state index in [1.807, 2.05) is 54.6 Å². The number of nitrogens with zero attached hydrogens (tertiary/aromatic N) is 2. The van der Waals surface area contributed by atoms with E-state index in [2.05, 4.69) is 5.10 Å². The molecule has 0 saturated heterocycles. The van der Waals surface area contributed by atoms with E-state index in [9.17, 15) is 4.79 Å². The third kappa shape index (κ3) is 2.56. The molecule has 5 heteroatoms. The van der Waals surface area contributed by atoms with Crippen LogP contribution >= 0.6 is 0 Å². The van der Waals surface area contributed by atoms with Gasteiger partial charge in [0.1, 0.15) is 11.4 Å². The van der Waals surface area contributed by atoms with Crippen LogP contribution in [-0.4, -0.2) is 22.8 Å². The monoisotopic (exact) mass is 293 g/mol. The molecule has 1 amide bonds. The van der Waals surface area contributed by atoms with E-state index in [4.69, 9.17) is 10.5 Å². The van der Waals surface area contributed by atoms with Gasteiger partial charge in [-0.15, -0.1) is 0 Å². The van der Waals surface area contributed by atoms with Crippen LogP contribution in [0.2, 0.25) is 0 Å². The molecule has 0 saturated carbocycles. The highest BCUT2D eigenvalue weighted by atomic mass is 16.5. The van der Waals surface area contributed by atoms with Crippen molar-refractivity contribution in [3.63, 3.8) is 0 Å². The zero-order valence-corrected chi connectivity index (χ0v) is 12.1. The average molecular weight is 293 g/mol. The highest BCUT2D eigenvalue weighted by molar-refractivity contribution is 5.98. The molecule has 0 aliphatic rings. The lowest BCUT2D eigenvalue weighted by Gasteiger charge is -2.02. The topological polar surface area (TPSA) is 70.1 Å². The summed E-state index contributed by atoms with van der Waals surface area (Å²) in [5, 5.41) is 4.50. The zero-order valence-electron chi connectivity index (χ0n) is 12.1. The molecule has 110 valence electrons. The fourth-order valence-electron chi connectivity index (χ4n) is 2.23. The summed E-state index contributed by atoms with van der Waals surface area (Å²) in [4.78, 5) is 11.7. The molecule has 0 spiro atoms. The van der Waals surface area contributed by atoms with Crippen LogP contribution in [0.5, 0.6) is 5.75 Å². The molecule has 1 heterocycles. The second kappa shape index (κ2) is 5.73. The molecule has 0 bridgehead atoms. The van der Waals surface area contributed by atoms with Gasteiger partial charge in [-0.3, -0.25) is 4.79 Å². The third-order valence-electron chi connectivity index (χ3n) is 3.36. The van der Waals surface area contributed by atoms with Crippen molar-refractivity contribution in [3.8, 4) is 22.7 Å². The molecule has 0 aliphatic heterocycles. The smallest absolute Gasteiger partial charge is 0.252 e. The number of aromatic nitrogens is 2. The van der Waals surface area contributed by atoms with E-state index in [-0.39, 0.29) is 0 Å². The number of primary amides is 1. The fraction of sp³-hybridized carbons (Fsp3) is 0.0588. The van der Waals surface area contributed by atoms with Gasteiger partial charge < -0.3 is 10.5 Å². The molecule has 0 aliphatic carbocycles. The van der Waals surface area contributed by atoms with E-state index in [0.29, 0.717) is 11.3 Å². The largest absolute Gasteiger partial charge is 0.497 e. The number of nitrogens with two attached hydrogens (primary N) is 1. The fourth-order valence-corrected chi connectivity index (χ4v) is 2.23. The molecule has 0 radical (unpaired) electrons. The Kier molecular flexibility index (Phi) is 3.62. The minimum absolute atomic E-state index is 0.383. The first-order valence-electron chi connectivity index (χ1n) is 6.78. The molecule has 2 aromatic carbocycles. The van der Waals surface area contributed by atoms with Crippen molar-refractivity contribution in [3.05, 3.63) is 66.4 Å². The molecule has 2 N–H and O–H groups in total. The molecule has 3 rings (SSSR count). The number of rotatable bonds is 4. The lowest BCUT2D eigenvalue weighted by molar-refractivity contribution is 0.100. The second-order valence-corrected chi connectivity index (χ2v) is 4.76. The van der Waals surface area contributed by atoms with Crippen LogP contribution < -0.4 is 10.5 Å². The maximum Gasteiger partial charge on any atom is 0.252 e. The van der Waals surface area contributed by atoms with Crippen LogP contribution in [0.3, 0.4) is 0 Å². The van der Waals surface area contributed by atoms with Crippen LogP contribution in [0.1, 0.15) is 10.4 Å². The van der Waals surface area contributed by atoms with E-state index in [1.165, 1.54) is 0 Å². The summed E-state index contributed by atoms with van der Waals surface area (Å²) in [6.07, 6.45) is 1.65. The maximum absolute atomic E-state index is 11.7. The van der Waals surface area contributed by atoms with Gasteiger partial charge >= 0.3 is 0 Å². The van der Waals surface area contributed by atoms with Crippen LogP contribution in [0.25, 0.3) is 16.9 Å². The standard InChI is InChI=1S/C17H15N3O2/c1-22-14-9-7-12(8-10-14)16-15(17(18)21)11-20(19-16)13-5-3-2-4-6-13/h2-11H,1H3,(H2,18,21). The summed E-state index contributed by atoms with van der Waals surface area (Å²) in [5.74, 6) is 0.236. The normalized spacial score (nSPS) is 10.4. The molecule has 5 nitrogen and oxygen atoms in total. The number of amides is 1. The number of para-hydroxylation sites is 1. The van der Waals surface area contributed by atoms with Gasteiger partial charge in [-0.2, -0.15) is 5.10 Å². The van der Waals surface area contributed by atoms with Gasteiger partial charge in [0.2, 0.25) is 0 Å². The van der Waals surface area contributed by atoms with E-state index in [1.54, 1.807) is 18.0 Å². The second-order valence-electron chi connectivity index (χ2n) is 4.76. The Morgan fingerprint density at radius 2 is 1.77 bits per heavy atom. The minimum Gasteiger partial charge on any atom is -0.497 e. The summed E-state index contributed by atoms with van der Waals surface area (Å²) in [6.45, 7) is 0. The van der Waals surface area contributed by atoms with E-state index in [0.717, 1.165) is 17.0 Å². The van der Waals surface area contributed by atoms with E-state index >= 15 is 0 Å². The highest BCUT2D eigenvalue weighted by Crippen LogP contribution is 2.25. The van der Waals surface area contributed by atoms with Gasteiger partial charge in [0.25, 0.3) is 5.91 Å². The molecule has 0 atom stereocenters. The summed E-state index contributed by atoms with van der Waals surface area (Å²) in [5.41, 5.74) is 8.10. The van der Waals surface area contributed by atoms with Gasteiger partial charge in [-0.25, -0.2) is 4.68 Å². The van der Waals surface area contributed by atoms with Crippen molar-refractivity contribution >= 4 is 5.91 Å². The average Bonchev–Trinajstić information content (AvgIpc) is 3.01. The number of hydrogen-bond acceptors (Lipinski definition) is 3. The van der Waals surface area contributed by atoms with Gasteiger partial charge in [-0.1, -0.05) is 18.2 Å². The first-order valence-corrected chi connectivity index (χ1v) is 6.78. The number of benzene rings is 2. The van der Waals surface area contributed by atoms with Gasteiger partial charge in [-0.05, 0) is 36.4 Å². The van der Waals surface area contributed by atoms with Crippen molar-refractivity contribution in [1.29, 1.82) is 0 Å². The molecule has 0 unspecified atom stereocenters. The molecule has 1 aromatic heterocycles. The van der Waals surface area contributed by atoms with Crippen LogP contribution in [0.4, 0.5) is 0 Å². The number of hydrogen-bond donors (Lipinski definition) is 1. The Morgan fingerprint density at radius 3 is 2.36 bits per heavy atom. The Morgan fingerprint density at radius 1 is 1.09 bits per heavy atom. The van der Waals surface area contributed by atoms with Gasteiger partial charge in [0.05, 0.1) is 18.4 Å². The van der Waals surface area contributed by atoms with Crippen molar-refractivity contribution in [2.75, 3.05) is 7.11 Å². The summed E-state index contributed by atoms with van der Waals surface area (Å²) in [6, 6.07) is 16.9. The van der Waals surface area contributed by atoms with Crippen LogP contribution in [0.15, 0.2) is 60.8 Å². The summed E-state index contributed by atoms with van der Waals surface area (Å²) < 4.78 is 6.79. The first kappa shape index (κ1) is 13.9. The van der Waals surface area contributed by atoms with Crippen molar-refractivity contribution in [1.82, 2.24) is 9.78 Å². The highest BCUT2D eigenvalue weighted by Gasteiger charge is 2.16. The molecule has 22 heavy (non-hydrogen) atoms. The van der Waals surface area contributed by atoms with E-state index < -0.39 is 5.91 Å². The first-order chi connectivity index (χ1) is 10.7. The predicted octanol–water partition coefficient (Wildman–Crippen LogP) is 2.65. The number of carbonyl (C=O) groups is 1. The van der Waals surface area contributed by atoms with Gasteiger partial charge in [0, 0.05) is 11.8 Å². The van der Waals surface area contributed by atoms with Crippen LogP contribution in [-0.2, 0) is 0 Å². The Hall–Kier alpha value is -3.08. The summed E-state index contributed by atoms with van der Waals surface area (Å²) in [7, 11) is 1.61. The lowest BCUT2D eigenvalue weighted by Crippen LogP contribution is -2.11. The summed E-state index contributed by atoms with van der Waals surface area (Å²) >= 11 is 0. The molecule has 0 fully saturated rings. The van der Waals surface area contributed by atoms with Gasteiger partial charge in [0.15, 0.2) is 0 Å². The quantitative estimate of drug-likeness (QED) is 0.804. The Bertz CT molecular complexity index is 793. The molecule has 3 aromatic rings. The van der Waals surface area contributed by atoms with Crippen molar-refractivity contribution in [2.45, 2.75) is 0 Å². The SMILES string of the molecule is COc1ccc(-c2nn(-c3ccccc3)cc2C(N)=O)cc1.